The molecule has 0 radical (unpaired) electrons. The zero-order valence-electron chi connectivity index (χ0n) is 14.9. The molecule has 7 heteroatoms. The van der Waals surface area contributed by atoms with Crippen LogP contribution < -0.4 is 5.32 Å². The Balaban J connectivity index is 1.54. The largest absolute Gasteiger partial charge is 0.395 e. The second kappa shape index (κ2) is 9.97. The molecule has 0 spiro atoms. The Hall–Kier alpha value is -1.54. The van der Waals surface area contributed by atoms with Crippen LogP contribution in [0, 0.1) is 6.92 Å². The molecule has 2 heterocycles. The molecular weight excluding hydrogens is 364 g/mol. The summed E-state index contributed by atoms with van der Waals surface area (Å²) in [6, 6.07) is 10.2. The van der Waals surface area contributed by atoms with Gasteiger partial charge in [-0.3, -0.25) is 4.98 Å². The van der Waals surface area contributed by atoms with Gasteiger partial charge in [0, 0.05) is 23.4 Å². The SMILES string of the molecule is Cc1c(SCCCNCCO)ccnc1CSc1nc2ccccc2[nH]1. The van der Waals surface area contributed by atoms with Gasteiger partial charge in [0.25, 0.3) is 0 Å². The molecule has 0 saturated carbocycles. The summed E-state index contributed by atoms with van der Waals surface area (Å²) in [6.07, 6.45) is 2.98. The summed E-state index contributed by atoms with van der Waals surface area (Å²) < 4.78 is 0. The van der Waals surface area contributed by atoms with Crippen molar-refractivity contribution >= 4 is 34.6 Å². The molecule has 0 saturated heterocycles. The Morgan fingerprint density at radius 1 is 1.15 bits per heavy atom. The number of H-pyrrole nitrogens is 1. The van der Waals surface area contributed by atoms with Crippen LogP contribution in [0.3, 0.4) is 0 Å². The van der Waals surface area contributed by atoms with Crippen LogP contribution in [0.1, 0.15) is 17.7 Å². The number of thioether (sulfide) groups is 2. The highest BCUT2D eigenvalue weighted by atomic mass is 32.2. The molecule has 0 atom stereocenters. The third kappa shape index (κ3) is 5.23. The lowest BCUT2D eigenvalue weighted by Crippen LogP contribution is -2.19. The molecular formula is C19H24N4OS2. The molecule has 138 valence electrons. The van der Waals surface area contributed by atoms with Crippen LogP contribution in [-0.4, -0.2) is 45.5 Å². The van der Waals surface area contributed by atoms with Crippen LogP contribution in [0.25, 0.3) is 11.0 Å². The Morgan fingerprint density at radius 3 is 2.88 bits per heavy atom. The maximum Gasteiger partial charge on any atom is 0.166 e. The minimum Gasteiger partial charge on any atom is -0.395 e. The molecule has 26 heavy (non-hydrogen) atoms. The number of nitrogens with zero attached hydrogens (tertiary/aromatic N) is 2. The number of aliphatic hydroxyl groups is 1. The van der Waals surface area contributed by atoms with Crippen molar-refractivity contribution in [3.63, 3.8) is 0 Å². The lowest BCUT2D eigenvalue weighted by Gasteiger charge is -2.09. The second-order valence-corrected chi connectivity index (χ2v) is 8.00. The van der Waals surface area contributed by atoms with Crippen LogP contribution in [0.15, 0.2) is 46.6 Å². The van der Waals surface area contributed by atoms with Crippen molar-refractivity contribution in [2.75, 3.05) is 25.4 Å². The molecule has 0 amide bonds. The minimum absolute atomic E-state index is 0.197. The summed E-state index contributed by atoms with van der Waals surface area (Å²) in [6.45, 7) is 3.95. The summed E-state index contributed by atoms with van der Waals surface area (Å²) >= 11 is 3.56. The average Bonchev–Trinajstić information content (AvgIpc) is 3.07. The molecule has 3 N–H and O–H groups in total. The fourth-order valence-electron chi connectivity index (χ4n) is 2.58. The fraction of sp³-hybridized carbons (Fsp3) is 0.368. The number of nitrogens with one attached hydrogen (secondary N) is 2. The van der Waals surface area contributed by atoms with E-state index in [1.165, 1.54) is 10.5 Å². The van der Waals surface area contributed by atoms with E-state index in [0.717, 1.165) is 46.4 Å². The normalized spacial score (nSPS) is 11.3. The number of fused-ring (bicyclic) bond motifs is 1. The monoisotopic (exact) mass is 388 g/mol. The van der Waals surface area contributed by atoms with Crippen molar-refractivity contribution in [3.05, 3.63) is 47.8 Å². The van der Waals surface area contributed by atoms with Gasteiger partial charge >= 0.3 is 0 Å². The smallest absolute Gasteiger partial charge is 0.166 e. The molecule has 0 aliphatic heterocycles. The van der Waals surface area contributed by atoms with Gasteiger partial charge in [-0.05, 0) is 49.4 Å². The molecule has 5 nitrogen and oxygen atoms in total. The Labute approximate surface area is 162 Å². The number of hydrogen-bond donors (Lipinski definition) is 3. The van der Waals surface area contributed by atoms with Gasteiger partial charge in [-0.25, -0.2) is 4.98 Å². The summed E-state index contributed by atoms with van der Waals surface area (Å²) in [5, 5.41) is 12.9. The number of hydrogen-bond acceptors (Lipinski definition) is 6. The molecule has 3 aromatic rings. The van der Waals surface area contributed by atoms with E-state index in [0.29, 0.717) is 6.54 Å². The summed E-state index contributed by atoms with van der Waals surface area (Å²) in [5.41, 5.74) is 4.43. The molecule has 0 unspecified atom stereocenters. The van der Waals surface area contributed by atoms with Crippen molar-refractivity contribution < 1.29 is 5.11 Å². The molecule has 0 bridgehead atoms. The Bertz CT molecular complexity index is 804. The van der Waals surface area contributed by atoms with Gasteiger partial charge in [0.2, 0.25) is 0 Å². The average molecular weight is 389 g/mol. The van der Waals surface area contributed by atoms with E-state index >= 15 is 0 Å². The molecule has 0 aliphatic rings. The van der Waals surface area contributed by atoms with Crippen LogP contribution in [0.5, 0.6) is 0 Å². The molecule has 1 aromatic carbocycles. The van der Waals surface area contributed by atoms with E-state index in [9.17, 15) is 0 Å². The van der Waals surface area contributed by atoms with E-state index in [4.69, 9.17) is 5.11 Å². The summed E-state index contributed by atoms with van der Waals surface area (Å²) in [4.78, 5) is 13.8. The first-order valence-electron chi connectivity index (χ1n) is 8.74. The molecule has 3 rings (SSSR count). The van der Waals surface area contributed by atoms with Gasteiger partial charge in [-0.2, -0.15) is 0 Å². The molecule has 0 fully saturated rings. The van der Waals surface area contributed by atoms with Crippen molar-refractivity contribution in [2.45, 2.75) is 29.1 Å². The van der Waals surface area contributed by atoms with Crippen LogP contribution in [0.4, 0.5) is 0 Å². The van der Waals surface area contributed by atoms with Gasteiger partial charge in [0.1, 0.15) is 0 Å². The highest BCUT2D eigenvalue weighted by molar-refractivity contribution is 7.99. The summed E-state index contributed by atoms with van der Waals surface area (Å²) in [7, 11) is 0. The van der Waals surface area contributed by atoms with E-state index in [-0.39, 0.29) is 6.61 Å². The number of pyridine rings is 1. The zero-order chi connectivity index (χ0) is 18.2. The third-order valence-corrected chi connectivity index (χ3v) is 6.15. The first-order valence-corrected chi connectivity index (χ1v) is 10.7. The molecule has 2 aromatic heterocycles. The van der Waals surface area contributed by atoms with Gasteiger partial charge in [-0.1, -0.05) is 23.9 Å². The van der Waals surface area contributed by atoms with Gasteiger partial charge < -0.3 is 15.4 Å². The predicted molar refractivity (Wildman–Crippen MR) is 110 cm³/mol. The third-order valence-electron chi connectivity index (χ3n) is 4.02. The van der Waals surface area contributed by atoms with Crippen molar-refractivity contribution in [2.24, 2.45) is 0 Å². The summed E-state index contributed by atoms with van der Waals surface area (Å²) in [5.74, 6) is 1.86. The van der Waals surface area contributed by atoms with E-state index < -0.39 is 0 Å². The Kier molecular flexibility index (Phi) is 7.37. The maximum atomic E-state index is 8.76. The minimum atomic E-state index is 0.197. The van der Waals surface area contributed by atoms with E-state index in [2.05, 4.69) is 33.3 Å². The maximum absolute atomic E-state index is 8.76. The number of aromatic nitrogens is 3. The predicted octanol–water partition coefficient (Wildman–Crippen LogP) is 3.62. The van der Waals surface area contributed by atoms with E-state index in [1.54, 1.807) is 11.8 Å². The van der Waals surface area contributed by atoms with Crippen LogP contribution in [0.2, 0.25) is 0 Å². The highest BCUT2D eigenvalue weighted by Gasteiger charge is 2.09. The number of aromatic amines is 1. The number of rotatable bonds is 10. The number of imidazole rings is 1. The lowest BCUT2D eigenvalue weighted by atomic mass is 10.2. The highest BCUT2D eigenvalue weighted by Crippen LogP contribution is 2.28. The van der Waals surface area contributed by atoms with Crippen molar-refractivity contribution in [1.82, 2.24) is 20.3 Å². The fourth-order valence-corrected chi connectivity index (χ4v) is 4.49. The first kappa shape index (κ1) is 19.2. The lowest BCUT2D eigenvalue weighted by molar-refractivity contribution is 0.292. The zero-order valence-corrected chi connectivity index (χ0v) is 16.5. The van der Waals surface area contributed by atoms with Crippen LogP contribution in [-0.2, 0) is 5.75 Å². The van der Waals surface area contributed by atoms with Gasteiger partial charge in [0.05, 0.1) is 23.3 Å². The van der Waals surface area contributed by atoms with Crippen LogP contribution >= 0.6 is 23.5 Å². The second-order valence-electron chi connectivity index (χ2n) is 5.90. The standard InChI is InChI=1S/C19H24N4OS2/c1-14-17(13-26-19-22-15-5-2-3-6-16(15)23-19)21-9-7-18(14)25-12-4-8-20-10-11-24/h2-3,5-7,9,20,24H,4,8,10-13H2,1H3,(H,22,23). The van der Waals surface area contributed by atoms with Gasteiger partial charge in [0.15, 0.2) is 5.16 Å². The van der Waals surface area contributed by atoms with Crippen molar-refractivity contribution in [3.8, 4) is 0 Å². The first-order chi connectivity index (χ1) is 12.8. The van der Waals surface area contributed by atoms with Gasteiger partial charge in [-0.15, -0.1) is 11.8 Å². The number of benzene rings is 1. The quantitative estimate of drug-likeness (QED) is 0.364. The molecule has 0 aliphatic carbocycles. The Morgan fingerprint density at radius 2 is 2.04 bits per heavy atom. The number of aliphatic hydroxyl groups excluding tert-OH is 1. The van der Waals surface area contributed by atoms with E-state index in [1.807, 2.05) is 42.2 Å². The topological polar surface area (TPSA) is 73.8 Å². The van der Waals surface area contributed by atoms with Crippen molar-refractivity contribution in [1.29, 1.82) is 0 Å². The number of para-hydroxylation sites is 2.